The molecule has 1 aliphatic heterocycles. The average Bonchev–Trinajstić information content (AvgIpc) is 3.36. The molecule has 1 saturated heterocycles. The highest BCUT2D eigenvalue weighted by atomic mass is 16.6. The Bertz CT molecular complexity index is 997. The third-order valence-corrected chi connectivity index (χ3v) is 6.58. The summed E-state index contributed by atoms with van der Waals surface area (Å²) in [5.41, 5.74) is 2.78. The molecule has 5 atom stereocenters. The van der Waals surface area contributed by atoms with E-state index in [1.54, 1.807) is 12.1 Å². The molecule has 1 N–H and O–H groups in total. The molecule has 0 spiro atoms. The first-order valence-electron chi connectivity index (χ1n) is 9.86. The van der Waals surface area contributed by atoms with E-state index in [2.05, 4.69) is 5.32 Å². The van der Waals surface area contributed by atoms with E-state index >= 15 is 0 Å². The fourth-order valence-corrected chi connectivity index (χ4v) is 5.34. The van der Waals surface area contributed by atoms with Crippen molar-refractivity contribution < 1.29 is 23.9 Å². The Morgan fingerprint density at radius 2 is 1.83 bits per heavy atom. The highest BCUT2D eigenvalue weighted by molar-refractivity contribution is 5.98. The van der Waals surface area contributed by atoms with Crippen molar-refractivity contribution in [1.29, 1.82) is 0 Å². The van der Waals surface area contributed by atoms with Crippen LogP contribution in [-0.4, -0.2) is 31.1 Å². The van der Waals surface area contributed by atoms with Crippen LogP contribution in [0, 0.1) is 23.7 Å². The summed E-state index contributed by atoms with van der Waals surface area (Å²) in [6.45, 7) is 0. The van der Waals surface area contributed by atoms with E-state index in [4.69, 9.17) is 9.47 Å². The Morgan fingerprint density at radius 3 is 2.59 bits per heavy atom. The van der Waals surface area contributed by atoms with Gasteiger partial charge in [-0.3, -0.25) is 9.59 Å². The lowest BCUT2D eigenvalue weighted by molar-refractivity contribution is -0.145. The summed E-state index contributed by atoms with van der Waals surface area (Å²) in [6, 6.07) is 14.6. The van der Waals surface area contributed by atoms with Crippen LogP contribution >= 0.6 is 0 Å². The van der Waals surface area contributed by atoms with Gasteiger partial charge in [-0.1, -0.05) is 30.3 Å². The van der Waals surface area contributed by atoms with Gasteiger partial charge in [0.05, 0.1) is 24.5 Å². The number of esters is 2. The summed E-state index contributed by atoms with van der Waals surface area (Å²) in [5, 5.41) is 2.96. The molecule has 0 radical (unpaired) electrons. The van der Waals surface area contributed by atoms with Crippen molar-refractivity contribution >= 4 is 23.5 Å². The highest BCUT2D eigenvalue weighted by Crippen LogP contribution is 2.57. The number of amides is 1. The van der Waals surface area contributed by atoms with Crippen LogP contribution in [0.5, 0.6) is 0 Å². The lowest BCUT2D eigenvalue weighted by Crippen LogP contribution is -2.35. The van der Waals surface area contributed by atoms with Crippen LogP contribution in [0.3, 0.4) is 0 Å². The Balaban J connectivity index is 1.34. The van der Waals surface area contributed by atoms with Crippen LogP contribution < -0.4 is 5.32 Å². The number of carbonyl (C=O) groups is 3. The SMILES string of the molecule is COC(=O)c1ccccc1-c1ccc(NC(=O)[C@@H]2[C@@H]3C[C@H]4[C@@H]2C(=O)O[C@@H]4C3)cc1. The minimum atomic E-state index is -0.393. The maximum absolute atomic E-state index is 12.9. The molecule has 0 unspecified atom stereocenters. The van der Waals surface area contributed by atoms with Crippen molar-refractivity contribution in [3.05, 3.63) is 54.1 Å². The molecule has 29 heavy (non-hydrogen) atoms. The Hall–Kier alpha value is -3.15. The number of hydrogen-bond acceptors (Lipinski definition) is 5. The maximum Gasteiger partial charge on any atom is 0.338 e. The first-order valence-corrected chi connectivity index (χ1v) is 9.86. The van der Waals surface area contributed by atoms with E-state index in [1.165, 1.54) is 7.11 Å². The zero-order valence-electron chi connectivity index (χ0n) is 16.0. The average molecular weight is 391 g/mol. The van der Waals surface area contributed by atoms with Crippen molar-refractivity contribution in [2.45, 2.75) is 18.9 Å². The second kappa shape index (κ2) is 6.72. The topological polar surface area (TPSA) is 81.7 Å². The van der Waals surface area contributed by atoms with Gasteiger partial charge in [-0.15, -0.1) is 0 Å². The molecule has 0 aromatic heterocycles. The number of fused-ring (bicyclic) bond motifs is 1. The zero-order chi connectivity index (χ0) is 20.1. The van der Waals surface area contributed by atoms with Crippen LogP contribution in [0.25, 0.3) is 11.1 Å². The van der Waals surface area contributed by atoms with Gasteiger partial charge in [0.15, 0.2) is 0 Å². The van der Waals surface area contributed by atoms with E-state index in [-0.39, 0.29) is 41.7 Å². The van der Waals surface area contributed by atoms with E-state index in [0.29, 0.717) is 11.3 Å². The minimum Gasteiger partial charge on any atom is -0.465 e. The summed E-state index contributed by atoms with van der Waals surface area (Å²) >= 11 is 0. The molecule has 6 heteroatoms. The van der Waals surface area contributed by atoms with Gasteiger partial charge in [0.25, 0.3) is 0 Å². The summed E-state index contributed by atoms with van der Waals surface area (Å²) < 4.78 is 10.3. The van der Waals surface area contributed by atoms with Crippen LogP contribution in [0.2, 0.25) is 0 Å². The van der Waals surface area contributed by atoms with Gasteiger partial charge in [-0.2, -0.15) is 0 Å². The predicted octanol–water partition coefficient (Wildman–Crippen LogP) is 3.28. The van der Waals surface area contributed by atoms with E-state index in [1.807, 2.05) is 36.4 Å². The Morgan fingerprint density at radius 1 is 1.07 bits per heavy atom. The van der Waals surface area contributed by atoms with Crippen LogP contribution in [0.15, 0.2) is 48.5 Å². The number of methoxy groups -OCH3 is 1. The highest BCUT2D eigenvalue weighted by Gasteiger charge is 2.63. The van der Waals surface area contributed by atoms with Crippen molar-refractivity contribution in [3.63, 3.8) is 0 Å². The van der Waals surface area contributed by atoms with E-state index in [0.717, 1.165) is 24.0 Å². The number of anilines is 1. The molecule has 3 aliphatic rings. The molecule has 1 amide bonds. The van der Waals surface area contributed by atoms with Gasteiger partial charge in [-0.05, 0) is 48.1 Å². The molecule has 5 rings (SSSR count). The number of hydrogen-bond donors (Lipinski definition) is 1. The fraction of sp³-hybridized carbons (Fsp3) is 0.348. The lowest BCUT2D eigenvalue weighted by atomic mass is 9.79. The maximum atomic E-state index is 12.9. The van der Waals surface area contributed by atoms with Gasteiger partial charge >= 0.3 is 11.9 Å². The molecular weight excluding hydrogens is 370 g/mol. The smallest absolute Gasteiger partial charge is 0.338 e. The summed E-state index contributed by atoms with van der Waals surface area (Å²) in [5.74, 6) is -0.863. The van der Waals surface area contributed by atoms with Crippen LogP contribution in [-0.2, 0) is 19.1 Å². The first-order chi connectivity index (χ1) is 14.1. The second-order valence-corrected chi connectivity index (χ2v) is 8.03. The Kier molecular flexibility index (Phi) is 4.15. The van der Waals surface area contributed by atoms with Crippen molar-refractivity contribution in [2.24, 2.45) is 23.7 Å². The summed E-state index contributed by atoms with van der Waals surface area (Å²) in [4.78, 5) is 37.0. The standard InChI is InChI=1S/C23H21NO5/c1-28-22(26)16-5-3-2-4-15(16)12-6-8-14(9-7-12)24-21(25)19-13-10-17-18(11-13)29-23(27)20(17)19/h2-9,13,17-20H,10-11H2,1H3,(H,24,25)/t13-,17-,18-,19-,20+/m1/s1. The van der Waals surface area contributed by atoms with Gasteiger partial charge in [0.2, 0.25) is 5.91 Å². The molecule has 1 heterocycles. The predicted molar refractivity (Wildman–Crippen MR) is 105 cm³/mol. The van der Waals surface area contributed by atoms with Gasteiger partial charge < -0.3 is 14.8 Å². The fourth-order valence-electron chi connectivity index (χ4n) is 5.34. The lowest BCUT2D eigenvalue weighted by Gasteiger charge is -2.23. The van der Waals surface area contributed by atoms with E-state index in [9.17, 15) is 14.4 Å². The molecular formula is C23H21NO5. The second-order valence-electron chi connectivity index (χ2n) is 8.03. The minimum absolute atomic E-state index is 0.0238. The number of nitrogens with one attached hydrogen (secondary N) is 1. The normalized spacial score (nSPS) is 28.9. The molecule has 3 fully saturated rings. The van der Waals surface area contributed by atoms with Crippen molar-refractivity contribution in [2.75, 3.05) is 12.4 Å². The zero-order valence-corrected chi connectivity index (χ0v) is 16.0. The molecule has 2 bridgehead atoms. The van der Waals surface area contributed by atoms with Gasteiger partial charge in [0.1, 0.15) is 6.10 Å². The monoisotopic (exact) mass is 391 g/mol. The van der Waals surface area contributed by atoms with Crippen LogP contribution in [0.4, 0.5) is 5.69 Å². The number of rotatable bonds is 4. The third kappa shape index (κ3) is 2.82. The molecule has 148 valence electrons. The van der Waals surface area contributed by atoms with Crippen molar-refractivity contribution in [3.8, 4) is 11.1 Å². The molecule has 6 nitrogen and oxygen atoms in total. The van der Waals surface area contributed by atoms with E-state index < -0.39 is 5.97 Å². The molecule has 2 aromatic rings. The Labute approximate surface area is 168 Å². The largest absolute Gasteiger partial charge is 0.465 e. The summed E-state index contributed by atoms with van der Waals surface area (Å²) in [6.07, 6.45) is 1.73. The first kappa shape index (κ1) is 17.9. The quantitative estimate of drug-likeness (QED) is 0.809. The third-order valence-electron chi connectivity index (χ3n) is 6.58. The molecule has 2 saturated carbocycles. The molecule has 2 aromatic carbocycles. The number of carbonyl (C=O) groups excluding carboxylic acids is 3. The van der Waals surface area contributed by atoms with Gasteiger partial charge in [-0.25, -0.2) is 4.79 Å². The van der Waals surface area contributed by atoms with Crippen molar-refractivity contribution in [1.82, 2.24) is 0 Å². The number of benzene rings is 2. The molecule has 2 aliphatic carbocycles. The number of ether oxygens (including phenoxy) is 2. The summed E-state index contributed by atoms with van der Waals surface area (Å²) in [7, 11) is 1.36. The van der Waals surface area contributed by atoms with Crippen LogP contribution in [0.1, 0.15) is 23.2 Å². The van der Waals surface area contributed by atoms with Gasteiger partial charge in [0, 0.05) is 11.6 Å².